The lowest BCUT2D eigenvalue weighted by Crippen LogP contribution is -2.06. The molecule has 7 heteroatoms. The van der Waals surface area contributed by atoms with Gasteiger partial charge >= 0.3 is 0 Å². The first kappa shape index (κ1) is 15.8. The third-order valence-electron chi connectivity index (χ3n) is 4.13. The summed E-state index contributed by atoms with van der Waals surface area (Å²) in [7, 11) is 0. The van der Waals surface area contributed by atoms with Crippen LogP contribution in [0.4, 0.5) is 11.5 Å². The van der Waals surface area contributed by atoms with E-state index in [0.717, 1.165) is 32.8 Å². The highest BCUT2D eigenvalue weighted by molar-refractivity contribution is 9.10. The largest absolute Gasteiger partial charge is 0.461 e. The number of nitrogens with one attached hydrogen (secondary N) is 1. The molecule has 0 spiro atoms. The quantitative estimate of drug-likeness (QED) is 0.536. The highest BCUT2D eigenvalue weighted by atomic mass is 79.9. The van der Waals surface area contributed by atoms with Crippen molar-refractivity contribution in [3.05, 3.63) is 57.9 Å². The monoisotopic (exact) mass is 397 g/mol. The van der Waals surface area contributed by atoms with Crippen molar-refractivity contribution in [3.63, 3.8) is 0 Å². The van der Waals surface area contributed by atoms with E-state index in [2.05, 4.69) is 49.3 Å². The Kier molecular flexibility index (Phi) is 3.80. The van der Waals surface area contributed by atoms with Crippen molar-refractivity contribution < 1.29 is 4.42 Å². The number of halogens is 1. The number of furan rings is 1. The van der Waals surface area contributed by atoms with Gasteiger partial charge < -0.3 is 9.73 Å². The van der Waals surface area contributed by atoms with Crippen molar-refractivity contribution in [2.45, 2.75) is 20.8 Å². The number of nitrogens with zero attached hydrogens (tertiary/aromatic N) is 4. The van der Waals surface area contributed by atoms with Crippen LogP contribution in [0.5, 0.6) is 0 Å². The molecule has 4 rings (SSSR count). The third-order valence-corrected chi connectivity index (χ3v) is 5.02. The number of aromatic nitrogens is 4. The summed E-state index contributed by atoms with van der Waals surface area (Å²) in [6, 6.07) is 9.76. The van der Waals surface area contributed by atoms with Crippen molar-refractivity contribution in [2.24, 2.45) is 0 Å². The maximum atomic E-state index is 5.40. The Morgan fingerprint density at radius 1 is 1.12 bits per heavy atom. The molecule has 3 heterocycles. The fourth-order valence-corrected chi connectivity index (χ4v) is 2.85. The lowest BCUT2D eigenvalue weighted by molar-refractivity contribution is 0.577. The second-order valence-corrected chi connectivity index (χ2v) is 6.74. The summed E-state index contributed by atoms with van der Waals surface area (Å²) >= 11 is 3.53. The molecule has 0 unspecified atom stereocenters. The number of hydrogen-bond acceptors (Lipinski definition) is 5. The number of hydrogen-bond donors (Lipinski definition) is 1. The van der Waals surface area contributed by atoms with Crippen LogP contribution in [-0.2, 0) is 0 Å². The second-order valence-electron chi connectivity index (χ2n) is 5.88. The van der Waals surface area contributed by atoms with E-state index in [1.165, 1.54) is 0 Å². The minimum atomic E-state index is 0.512. The van der Waals surface area contributed by atoms with Gasteiger partial charge in [0.25, 0.3) is 5.78 Å². The molecule has 0 atom stereocenters. The summed E-state index contributed by atoms with van der Waals surface area (Å²) in [4.78, 5) is 9.03. The summed E-state index contributed by atoms with van der Waals surface area (Å²) in [5.74, 6) is 2.50. The molecule has 0 saturated heterocycles. The van der Waals surface area contributed by atoms with Gasteiger partial charge in [-0.25, -0.2) is 4.98 Å². The van der Waals surface area contributed by atoms with Crippen LogP contribution >= 0.6 is 15.9 Å². The first-order chi connectivity index (χ1) is 12.0. The van der Waals surface area contributed by atoms with Crippen molar-refractivity contribution in [3.8, 4) is 11.6 Å². The van der Waals surface area contributed by atoms with Crippen LogP contribution in [-0.4, -0.2) is 19.6 Å². The predicted octanol–water partition coefficient (Wildman–Crippen LogP) is 4.82. The zero-order valence-electron chi connectivity index (χ0n) is 14.0. The van der Waals surface area contributed by atoms with Crippen LogP contribution < -0.4 is 5.32 Å². The Bertz CT molecular complexity index is 1070. The average molecular weight is 398 g/mol. The van der Waals surface area contributed by atoms with Crippen LogP contribution in [0.1, 0.15) is 16.8 Å². The molecule has 0 aliphatic carbocycles. The van der Waals surface area contributed by atoms with Gasteiger partial charge in [-0.3, -0.25) is 0 Å². The fourth-order valence-electron chi connectivity index (χ4n) is 2.61. The number of anilines is 2. The van der Waals surface area contributed by atoms with Crippen LogP contribution in [0.2, 0.25) is 0 Å². The molecular weight excluding hydrogens is 382 g/mol. The molecule has 0 bridgehead atoms. The van der Waals surface area contributed by atoms with Crippen LogP contribution in [0, 0.1) is 20.8 Å². The molecule has 1 aromatic carbocycles. The minimum Gasteiger partial charge on any atom is -0.461 e. The number of fused-ring (bicyclic) bond motifs is 1. The molecule has 0 saturated carbocycles. The van der Waals surface area contributed by atoms with E-state index in [-0.39, 0.29) is 0 Å². The molecule has 3 aromatic heterocycles. The standard InChI is InChI=1S/C18H16BrN5O/c1-10-9-13(6-7-14(10)19)21-17-11(2)12(3)20-18-22-16(23-24(17)18)15-5-4-8-25-15/h4-9,21H,1-3H3. The smallest absolute Gasteiger partial charge is 0.255 e. The van der Waals surface area contributed by atoms with Gasteiger partial charge in [0, 0.05) is 21.4 Å². The van der Waals surface area contributed by atoms with E-state index < -0.39 is 0 Å². The molecule has 6 nitrogen and oxygen atoms in total. The van der Waals surface area contributed by atoms with Gasteiger partial charge in [-0.2, -0.15) is 9.50 Å². The lowest BCUT2D eigenvalue weighted by atomic mass is 10.2. The maximum absolute atomic E-state index is 5.40. The van der Waals surface area contributed by atoms with E-state index in [1.807, 2.05) is 38.1 Å². The Hall–Kier alpha value is -2.67. The van der Waals surface area contributed by atoms with Gasteiger partial charge in [0.1, 0.15) is 5.82 Å². The number of rotatable bonds is 3. The molecule has 126 valence electrons. The van der Waals surface area contributed by atoms with E-state index >= 15 is 0 Å². The first-order valence-corrected chi connectivity index (χ1v) is 8.63. The molecule has 0 aliphatic rings. The molecule has 0 fully saturated rings. The Morgan fingerprint density at radius 3 is 2.68 bits per heavy atom. The van der Waals surface area contributed by atoms with Crippen molar-refractivity contribution in [1.29, 1.82) is 0 Å². The van der Waals surface area contributed by atoms with Gasteiger partial charge in [-0.05, 0) is 56.7 Å². The topological polar surface area (TPSA) is 68.2 Å². The first-order valence-electron chi connectivity index (χ1n) is 7.84. The zero-order chi connectivity index (χ0) is 17.6. The summed E-state index contributed by atoms with van der Waals surface area (Å²) < 4.78 is 8.20. The highest BCUT2D eigenvalue weighted by Gasteiger charge is 2.16. The van der Waals surface area contributed by atoms with E-state index in [9.17, 15) is 0 Å². The van der Waals surface area contributed by atoms with E-state index in [4.69, 9.17) is 4.42 Å². The molecule has 0 radical (unpaired) electrons. The summed E-state index contributed by atoms with van der Waals surface area (Å²) in [6.07, 6.45) is 1.61. The van der Waals surface area contributed by atoms with Gasteiger partial charge in [-0.15, -0.1) is 5.10 Å². The van der Waals surface area contributed by atoms with Crippen molar-refractivity contribution in [1.82, 2.24) is 19.6 Å². The summed E-state index contributed by atoms with van der Waals surface area (Å²) in [5, 5.41) is 8.02. The lowest BCUT2D eigenvalue weighted by Gasteiger charge is -2.13. The third kappa shape index (κ3) is 2.80. The van der Waals surface area contributed by atoms with Gasteiger partial charge in [0.15, 0.2) is 5.76 Å². The Labute approximate surface area is 153 Å². The summed E-state index contributed by atoms with van der Waals surface area (Å²) in [6.45, 7) is 6.04. The second kappa shape index (κ2) is 6.00. The summed E-state index contributed by atoms with van der Waals surface area (Å²) in [5.41, 5.74) is 4.05. The maximum Gasteiger partial charge on any atom is 0.255 e. The molecule has 0 amide bonds. The molecule has 25 heavy (non-hydrogen) atoms. The molecule has 0 aliphatic heterocycles. The minimum absolute atomic E-state index is 0.512. The average Bonchev–Trinajstić information content (AvgIpc) is 3.24. The molecular formula is C18H16BrN5O. The molecule has 1 N–H and O–H groups in total. The number of benzene rings is 1. The van der Waals surface area contributed by atoms with Gasteiger partial charge in [0.05, 0.1) is 6.26 Å². The van der Waals surface area contributed by atoms with Crippen LogP contribution in [0.15, 0.2) is 45.5 Å². The van der Waals surface area contributed by atoms with Gasteiger partial charge in [-0.1, -0.05) is 15.9 Å². The molecule has 4 aromatic rings. The zero-order valence-corrected chi connectivity index (χ0v) is 15.6. The SMILES string of the molecule is Cc1cc(Nc2c(C)c(C)nc3nc(-c4ccco4)nn23)ccc1Br. The van der Waals surface area contributed by atoms with Crippen molar-refractivity contribution >= 4 is 33.2 Å². The van der Waals surface area contributed by atoms with E-state index in [0.29, 0.717) is 17.4 Å². The van der Waals surface area contributed by atoms with Crippen LogP contribution in [0.25, 0.3) is 17.4 Å². The van der Waals surface area contributed by atoms with Crippen LogP contribution in [0.3, 0.4) is 0 Å². The predicted molar refractivity (Wildman–Crippen MR) is 100 cm³/mol. The van der Waals surface area contributed by atoms with Crippen molar-refractivity contribution in [2.75, 3.05) is 5.32 Å². The van der Waals surface area contributed by atoms with Gasteiger partial charge in [0.2, 0.25) is 5.82 Å². The fraction of sp³-hybridized carbons (Fsp3) is 0.167. The Morgan fingerprint density at radius 2 is 1.96 bits per heavy atom. The Balaban J connectivity index is 1.86. The highest BCUT2D eigenvalue weighted by Crippen LogP contribution is 2.27. The number of aryl methyl sites for hydroxylation is 2. The normalized spacial score (nSPS) is 11.2. The van der Waals surface area contributed by atoms with E-state index in [1.54, 1.807) is 10.8 Å².